The van der Waals surface area contributed by atoms with Gasteiger partial charge in [-0.05, 0) is 48.6 Å². The lowest BCUT2D eigenvalue weighted by Crippen LogP contribution is -2.40. The van der Waals surface area contributed by atoms with Crippen molar-refractivity contribution in [1.82, 2.24) is 5.32 Å². The number of benzene rings is 3. The molecule has 0 fully saturated rings. The number of nitrogens with zero attached hydrogens (tertiary/aromatic N) is 1. The second-order valence-corrected chi connectivity index (χ2v) is 8.13. The van der Waals surface area contributed by atoms with Gasteiger partial charge in [-0.15, -0.1) is 0 Å². The maximum absolute atomic E-state index is 12.8. The number of rotatable bonds is 8. The highest BCUT2D eigenvalue weighted by atomic mass is 16.5. The Bertz CT molecular complexity index is 1070. The molecule has 0 bridgehead atoms. The molecule has 0 radical (unpaired) electrons. The van der Waals surface area contributed by atoms with Gasteiger partial charge >= 0.3 is 0 Å². The Labute approximate surface area is 189 Å². The van der Waals surface area contributed by atoms with E-state index in [1.165, 1.54) is 5.56 Å². The third-order valence-electron chi connectivity index (χ3n) is 5.66. The molecule has 1 atom stereocenters. The number of nitrogens with one attached hydrogen (secondary N) is 1. The third kappa shape index (κ3) is 5.35. The lowest BCUT2D eigenvalue weighted by atomic mass is 9.98. The lowest BCUT2D eigenvalue weighted by molar-refractivity contribution is -0.123. The summed E-state index contributed by atoms with van der Waals surface area (Å²) in [5.41, 5.74) is 4.11. The van der Waals surface area contributed by atoms with Gasteiger partial charge in [0.1, 0.15) is 5.75 Å². The molecular weight excluding hydrogens is 400 g/mol. The molecule has 0 spiro atoms. The van der Waals surface area contributed by atoms with E-state index in [2.05, 4.69) is 17.4 Å². The van der Waals surface area contributed by atoms with Crippen LogP contribution in [0.3, 0.4) is 0 Å². The van der Waals surface area contributed by atoms with Crippen molar-refractivity contribution in [3.05, 3.63) is 95.6 Å². The number of carbonyl (C=O) groups excluding carboxylic acids is 2. The first-order valence-corrected chi connectivity index (χ1v) is 11.0. The molecule has 1 aliphatic rings. The van der Waals surface area contributed by atoms with E-state index in [0.29, 0.717) is 25.1 Å². The summed E-state index contributed by atoms with van der Waals surface area (Å²) in [6, 6.07) is 25.9. The lowest BCUT2D eigenvalue weighted by Gasteiger charge is -2.29. The zero-order chi connectivity index (χ0) is 22.3. The van der Waals surface area contributed by atoms with Crippen molar-refractivity contribution in [1.29, 1.82) is 0 Å². The van der Waals surface area contributed by atoms with Crippen LogP contribution in [0.15, 0.2) is 78.9 Å². The Morgan fingerprint density at radius 1 is 1.03 bits per heavy atom. The standard InChI is InChI=1S/C27H28N2O3/c1-20-14-15-25-24(17-20)29(27(31)19-32-25)16-8-13-26(30)28-23(22-11-6-3-7-12-22)18-21-9-4-2-5-10-21/h2-7,9-12,14-15,17,23H,8,13,16,18-19H2,1H3,(H,28,30). The number of amides is 2. The minimum Gasteiger partial charge on any atom is -0.482 e. The Balaban J connectivity index is 1.38. The van der Waals surface area contributed by atoms with Crippen LogP contribution < -0.4 is 15.0 Å². The largest absolute Gasteiger partial charge is 0.482 e. The maximum Gasteiger partial charge on any atom is 0.265 e. The predicted molar refractivity (Wildman–Crippen MR) is 126 cm³/mol. The van der Waals surface area contributed by atoms with Gasteiger partial charge in [-0.3, -0.25) is 9.59 Å². The Hall–Kier alpha value is -3.60. The average molecular weight is 429 g/mol. The van der Waals surface area contributed by atoms with E-state index in [4.69, 9.17) is 4.74 Å². The molecule has 0 aromatic heterocycles. The van der Waals surface area contributed by atoms with Gasteiger partial charge in [-0.2, -0.15) is 0 Å². The van der Waals surface area contributed by atoms with Crippen LogP contribution in [-0.2, 0) is 16.0 Å². The van der Waals surface area contributed by atoms with E-state index in [1.807, 2.05) is 73.7 Å². The second-order valence-electron chi connectivity index (χ2n) is 8.13. The van der Waals surface area contributed by atoms with Gasteiger partial charge < -0.3 is 15.0 Å². The van der Waals surface area contributed by atoms with Crippen molar-refractivity contribution in [3.8, 4) is 5.75 Å². The van der Waals surface area contributed by atoms with E-state index in [9.17, 15) is 9.59 Å². The minimum absolute atomic E-state index is 0.0139. The SMILES string of the molecule is Cc1ccc2c(c1)N(CCCC(=O)NC(Cc1ccccc1)c1ccccc1)C(=O)CO2. The number of hydrogen-bond donors (Lipinski definition) is 1. The molecule has 32 heavy (non-hydrogen) atoms. The van der Waals surface area contributed by atoms with Crippen molar-refractivity contribution in [2.45, 2.75) is 32.2 Å². The minimum atomic E-state index is -0.0977. The molecule has 2 amide bonds. The number of carbonyl (C=O) groups is 2. The highest BCUT2D eigenvalue weighted by Gasteiger charge is 2.25. The number of aryl methyl sites for hydroxylation is 1. The summed E-state index contributed by atoms with van der Waals surface area (Å²) in [6.45, 7) is 2.51. The van der Waals surface area contributed by atoms with Crippen LogP contribution in [0, 0.1) is 6.92 Å². The summed E-state index contributed by atoms with van der Waals surface area (Å²) < 4.78 is 5.54. The van der Waals surface area contributed by atoms with Crippen molar-refractivity contribution in [2.24, 2.45) is 0 Å². The molecule has 4 rings (SSSR count). The summed E-state index contributed by atoms with van der Waals surface area (Å²) in [6.07, 6.45) is 1.66. The number of ether oxygens (including phenoxy) is 1. The molecule has 0 saturated carbocycles. The van der Waals surface area contributed by atoms with E-state index >= 15 is 0 Å². The smallest absolute Gasteiger partial charge is 0.265 e. The van der Waals surface area contributed by atoms with Crippen molar-refractivity contribution < 1.29 is 14.3 Å². The van der Waals surface area contributed by atoms with Crippen molar-refractivity contribution in [2.75, 3.05) is 18.1 Å². The van der Waals surface area contributed by atoms with E-state index < -0.39 is 0 Å². The molecule has 0 saturated heterocycles. The molecule has 3 aromatic carbocycles. The quantitative estimate of drug-likeness (QED) is 0.570. The Morgan fingerprint density at radius 2 is 1.75 bits per heavy atom. The van der Waals surface area contributed by atoms with Crippen molar-refractivity contribution >= 4 is 17.5 Å². The van der Waals surface area contributed by atoms with Crippen LogP contribution in [0.2, 0.25) is 0 Å². The molecule has 5 nitrogen and oxygen atoms in total. The second kappa shape index (κ2) is 10.1. The molecule has 3 aromatic rings. The number of anilines is 1. The monoisotopic (exact) mass is 428 g/mol. The van der Waals surface area contributed by atoms with Gasteiger partial charge in [0.25, 0.3) is 5.91 Å². The van der Waals surface area contributed by atoms with E-state index in [1.54, 1.807) is 4.90 Å². The van der Waals surface area contributed by atoms with Crippen LogP contribution in [0.1, 0.15) is 35.6 Å². The highest BCUT2D eigenvalue weighted by molar-refractivity contribution is 5.98. The highest BCUT2D eigenvalue weighted by Crippen LogP contribution is 2.33. The maximum atomic E-state index is 12.8. The normalized spacial score (nSPS) is 13.8. The first-order chi connectivity index (χ1) is 15.6. The summed E-state index contributed by atoms with van der Waals surface area (Å²) in [5.74, 6) is 0.626. The number of fused-ring (bicyclic) bond motifs is 1. The topological polar surface area (TPSA) is 58.6 Å². The van der Waals surface area contributed by atoms with Gasteiger partial charge in [0.2, 0.25) is 5.91 Å². The van der Waals surface area contributed by atoms with Crippen molar-refractivity contribution in [3.63, 3.8) is 0 Å². The summed E-state index contributed by atoms with van der Waals surface area (Å²) in [4.78, 5) is 26.9. The van der Waals surface area contributed by atoms with Gasteiger partial charge in [0.05, 0.1) is 11.7 Å². The molecule has 0 aliphatic carbocycles. The Morgan fingerprint density at radius 3 is 2.50 bits per heavy atom. The molecule has 1 unspecified atom stereocenters. The van der Waals surface area contributed by atoms with Crippen LogP contribution in [0.25, 0.3) is 0 Å². The van der Waals surface area contributed by atoms with E-state index in [-0.39, 0.29) is 24.5 Å². The first-order valence-electron chi connectivity index (χ1n) is 11.0. The third-order valence-corrected chi connectivity index (χ3v) is 5.66. The molecule has 1 N–H and O–H groups in total. The summed E-state index contributed by atoms with van der Waals surface area (Å²) in [7, 11) is 0. The molecule has 164 valence electrons. The molecule has 5 heteroatoms. The van der Waals surface area contributed by atoms with Crippen LogP contribution in [0.4, 0.5) is 5.69 Å². The Kier molecular flexibility index (Phi) is 6.85. The molecular formula is C27H28N2O3. The number of hydrogen-bond acceptors (Lipinski definition) is 3. The van der Waals surface area contributed by atoms with Crippen LogP contribution in [0.5, 0.6) is 5.75 Å². The van der Waals surface area contributed by atoms with Gasteiger partial charge in [0, 0.05) is 13.0 Å². The fraction of sp³-hybridized carbons (Fsp3) is 0.259. The van der Waals surface area contributed by atoms with Gasteiger partial charge in [-0.1, -0.05) is 66.7 Å². The zero-order valence-corrected chi connectivity index (χ0v) is 18.3. The fourth-order valence-electron chi connectivity index (χ4n) is 4.01. The molecule has 1 heterocycles. The average Bonchev–Trinajstić information content (AvgIpc) is 2.81. The zero-order valence-electron chi connectivity index (χ0n) is 18.3. The summed E-state index contributed by atoms with van der Waals surface area (Å²) >= 11 is 0. The fourth-order valence-corrected chi connectivity index (χ4v) is 4.01. The predicted octanol–water partition coefficient (Wildman–Crippen LogP) is 4.60. The van der Waals surface area contributed by atoms with E-state index in [0.717, 1.165) is 23.2 Å². The van der Waals surface area contributed by atoms with Gasteiger partial charge in [-0.25, -0.2) is 0 Å². The van der Waals surface area contributed by atoms with Crippen LogP contribution >= 0.6 is 0 Å². The van der Waals surface area contributed by atoms with Gasteiger partial charge in [0.15, 0.2) is 6.61 Å². The first kappa shape index (κ1) is 21.6. The molecule has 1 aliphatic heterocycles. The van der Waals surface area contributed by atoms with Crippen LogP contribution in [-0.4, -0.2) is 25.0 Å². The summed E-state index contributed by atoms with van der Waals surface area (Å²) in [5, 5.41) is 3.19.